The topological polar surface area (TPSA) is 58.4 Å². The fourth-order valence-electron chi connectivity index (χ4n) is 3.75. The summed E-state index contributed by atoms with van der Waals surface area (Å²) in [6, 6.07) is 13.9. The maximum atomic E-state index is 13.9. The predicted molar refractivity (Wildman–Crippen MR) is 109 cm³/mol. The van der Waals surface area contributed by atoms with Crippen LogP contribution in [0, 0.1) is 5.82 Å². The third-order valence-electron chi connectivity index (χ3n) is 5.38. The van der Waals surface area contributed by atoms with Crippen molar-refractivity contribution in [3.05, 3.63) is 75.8 Å². The molecule has 0 N–H and O–H groups in total. The smallest absolute Gasteiger partial charge is 0.278 e. The van der Waals surface area contributed by atoms with Crippen molar-refractivity contribution in [1.82, 2.24) is 19.6 Å². The molecule has 2 aromatic carbocycles. The zero-order chi connectivity index (χ0) is 20.4. The van der Waals surface area contributed by atoms with Crippen LogP contribution in [0.1, 0.15) is 23.0 Å². The molecule has 3 aromatic rings. The SMILES string of the molecule is CCn1nc(C(=O)N2CCN(Cc3ccccc3F)CC2)c(=O)c2ccccc21. The summed E-state index contributed by atoms with van der Waals surface area (Å²) >= 11 is 0. The minimum absolute atomic E-state index is 0.0342. The minimum atomic E-state index is -0.339. The van der Waals surface area contributed by atoms with Gasteiger partial charge in [-0.1, -0.05) is 30.3 Å². The number of amides is 1. The van der Waals surface area contributed by atoms with Crippen molar-refractivity contribution in [1.29, 1.82) is 0 Å². The van der Waals surface area contributed by atoms with Gasteiger partial charge in [0.1, 0.15) is 5.82 Å². The zero-order valence-corrected chi connectivity index (χ0v) is 16.3. The molecule has 0 radical (unpaired) electrons. The summed E-state index contributed by atoms with van der Waals surface area (Å²) in [6.45, 7) is 5.20. The Labute approximate surface area is 168 Å². The second-order valence-electron chi connectivity index (χ2n) is 7.17. The molecule has 1 aliphatic heterocycles. The van der Waals surface area contributed by atoms with Gasteiger partial charge in [-0.15, -0.1) is 0 Å². The summed E-state index contributed by atoms with van der Waals surface area (Å²) in [5.74, 6) is -0.556. The molecule has 6 nitrogen and oxygen atoms in total. The highest BCUT2D eigenvalue weighted by Gasteiger charge is 2.26. The lowest BCUT2D eigenvalue weighted by Crippen LogP contribution is -2.49. The van der Waals surface area contributed by atoms with Gasteiger partial charge in [-0.3, -0.25) is 19.2 Å². The van der Waals surface area contributed by atoms with Crippen LogP contribution in [-0.2, 0) is 13.1 Å². The Bertz CT molecular complexity index is 1100. The number of halogens is 1. The zero-order valence-electron chi connectivity index (χ0n) is 16.3. The summed E-state index contributed by atoms with van der Waals surface area (Å²) < 4.78 is 15.6. The number of fused-ring (bicyclic) bond motifs is 1. The molecule has 4 rings (SSSR count). The van der Waals surface area contributed by atoms with Crippen LogP contribution in [0.3, 0.4) is 0 Å². The van der Waals surface area contributed by atoms with E-state index in [-0.39, 0.29) is 22.8 Å². The van der Waals surface area contributed by atoms with Gasteiger partial charge in [0.05, 0.1) is 5.52 Å². The Morgan fingerprint density at radius 3 is 2.45 bits per heavy atom. The molecule has 0 bridgehead atoms. The van der Waals surface area contributed by atoms with E-state index in [0.29, 0.717) is 50.2 Å². The van der Waals surface area contributed by atoms with Crippen LogP contribution < -0.4 is 5.43 Å². The van der Waals surface area contributed by atoms with Gasteiger partial charge < -0.3 is 4.90 Å². The van der Waals surface area contributed by atoms with Crippen molar-refractivity contribution in [2.45, 2.75) is 20.0 Å². The number of para-hydroxylation sites is 1. The first-order chi connectivity index (χ1) is 14.1. The second-order valence-corrected chi connectivity index (χ2v) is 7.17. The average molecular weight is 394 g/mol. The standard InChI is InChI=1S/C22H23FN4O2/c1-2-27-19-10-6-4-8-17(19)21(28)20(24-27)22(29)26-13-11-25(12-14-26)15-16-7-3-5-9-18(16)23/h3-10H,2,11-15H2,1H3. The van der Waals surface area contributed by atoms with Crippen LogP contribution >= 0.6 is 0 Å². The van der Waals surface area contributed by atoms with Crippen LogP contribution in [0.25, 0.3) is 10.9 Å². The molecule has 1 saturated heterocycles. The molecule has 1 aliphatic rings. The Kier molecular flexibility index (Phi) is 5.40. The normalized spacial score (nSPS) is 15.0. The van der Waals surface area contributed by atoms with E-state index in [1.807, 2.05) is 25.1 Å². The highest BCUT2D eigenvalue weighted by molar-refractivity contribution is 5.95. The van der Waals surface area contributed by atoms with Gasteiger partial charge in [-0.25, -0.2) is 4.39 Å². The lowest BCUT2D eigenvalue weighted by Gasteiger charge is -2.34. The molecule has 0 spiro atoms. The summed E-state index contributed by atoms with van der Waals surface area (Å²) in [5.41, 5.74) is 1.01. The first kappa shape index (κ1) is 19.3. The summed E-state index contributed by atoms with van der Waals surface area (Å²) in [5, 5.41) is 4.85. The van der Waals surface area contributed by atoms with E-state index < -0.39 is 0 Å². The van der Waals surface area contributed by atoms with Crippen molar-refractivity contribution in [2.75, 3.05) is 26.2 Å². The minimum Gasteiger partial charge on any atom is -0.335 e. The summed E-state index contributed by atoms with van der Waals surface area (Å²) in [4.78, 5) is 29.6. The number of aryl methyl sites for hydroxylation is 1. The number of rotatable bonds is 4. The van der Waals surface area contributed by atoms with Crippen LogP contribution in [0.5, 0.6) is 0 Å². The third-order valence-corrected chi connectivity index (χ3v) is 5.38. The molecule has 29 heavy (non-hydrogen) atoms. The van der Waals surface area contributed by atoms with E-state index in [0.717, 1.165) is 5.52 Å². The van der Waals surface area contributed by atoms with Crippen LogP contribution in [0.15, 0.2) is 53.3 Å². The van der Waals surface area contributed by atoms with Crippen LogP contribution in [0.2, 0.25) is 0 Å². The average Bonchev–Trinajstić information content (AvgIpc) is 2.76. The number of benzene rings is 2. The van der Waals surface area contributed by atoms with Gasteiger partial charge in [0.2, 0.25) is 5.43 Å². The molecule has 1 amide bonds. The molecule has 0 atom stereocenters. The number of carbonyl (C=O) groups is 1. The Hall–Kier alpha value is -3.06. The van der Waals surface area contributed by atoms with E-state index >= 15 is 0 Å². The van der Waals surface area contributed by atoms with Crippen molar-refractivity contribution >= 4 is 16.8 Å². The van der Waals surface area contributed by atoms with E-state index in [2.05, 4.69) is 10.00 Å². The fraction of sp³-hybridized carbons (Fsp3) is 0.318. The molecular weight excluding hydrogens is 371 g/mol. The highest BCUT2D eigenvalue weighted by atomic mass is 19.1. The number of hydrogen-bond donors (Lipinski definition) is 0. The van der Waals surface area contributed by atoms with Crippen molar-refractivity contribution in [3.63, 3.8) is 0 Å². The monoisotopic (exact) mass is 394 g/mol. The summed E-state index contributed by atoms with van der Waals surface area (Å²) in [7, 11) is 0. The fourth-order valence-corrected chi connectivity index (χ4v) is 3.75. The number of piperazine rings is 1. The molecule has 0 aliphatic carbocycles. The Morgan fingerprint density at radius 2 is 1.72 bits per heavy atom. The second kappa shape index (κ2) is 8.13. The maximum Gasteiger partial charge on any atom is 0.278 e. The van der Waals surface area contributed by atoms with Crippen molar-refractivity contribution in [3.8, 4) is 0 Å². The molecule has 1 aromatic heterocycles. The lowest BCUT2D eigenvalue weighted by molar-refractivity contribution is 0.0618. The largest absolute Gasteiger partial charge is 0.335 e. The predicted octanol–water partition coefficient (Wildman–Crippen LogP) is 2.51. The maximum absolute atomic E-state index is 13.9. The van der Waals surface area contributed by atoms with Crippen LogP contribution in [-0.4, -0.2) is 51.7 Å². The number of nitrogens with zero attached hydrogens (tertiary/aromatic N) is 4. The first-order valence-electron chi connectivity index (χ1n) is 9.83. The van der Waals surface area contributed by atoms with Crippen LogP contribution in [0.4, 0.5) is 4.39 Å². The first-order valence-corrected chi connectivity index (χ1v) is 9.83. The molecule has 2 heterocycles. The third kappa shape index (κ3) is 3.78. The van der Waals surface area contributed by atoms with Crippen molar-refractivity contribution < 1.29 is 9.18 Å². The van der Waals surface area contributed by atoms with Gasteiger partial charge in [0.25, 0.3) is 5.91 Å². The van der Waals surface area contributed by atoms with Gasteiger partial charge in [-0.2, -0.15) is 5.10 Å². The van der Waals surface area contributed by atoms with E-state index in [1.165, 1.54) is 6.07 Å². The lowest BCUT2D eigenvalue weighted by atomic mass is 10.1. The Balaban J connectivity index is 1.51. The van der Waals surface area contributed by atoms with E-state index in [9.17, 15) is 14.0 Å². The number of aromatic nitrogens is 2. The molecule has 0 unspecified atom stereocenters. The van der Waals surface area contributed by atoms with Gasteiger partial charge in [-0.05, 0) is 25.1 Å². The summed E-state index contributed by atoms with van der Waals surface area (Å²) in [6.07, 6.45) is 0. The number of hydrogen-bond acceptors (Lipinski definition) is 4. The molecular formula is C22H23FN4O2. The van der Waals surface area contributed by atoms with Crippen molar-refractivity contribution in [2.24, 2.45) is 0 Å². The van der Waals surface area contributed by atoms with Gasteiger partial charge in [0, 0.05) is 50.2 Å². The molecule has 150 valence electrons. The molecule has 0 saturated carbocycles. The molecule has 1 fully saturated rings. The molecule has 7 heteroatoms. The quantitative estimate of drug-likeness (QED) is 0.682. The van der Waals surface area contributed by atoms with E-state index in [4.69, 9.17) is 0 Å². The number of carbonyl (C=O) groups excluding carboxylic acids is 1. The van der Waals surface area contributed by atoms with Gasteiger partial charge >= 0.3 is 0 Å². The highest BCUT2D eigenvalue weighted by Crippen LogP contribution is 2.14. The van der Waals surface area contributed by atoms with Gasteiger partial charge in [0.15, 0.2) is 5.69 Å². The Morgan fingerprint density at radius 1 is 1.03 bits per heavy atom. The van der Waals surface area contributed by atoms with E-state index in [1.54, 1.807) is 33.8 Å².